The van der Waals surface area contributed by atoms with Gasteiger partial charge in [-0.3, -0.25) is 9.59 Å². The summed E-state index contributed by atoms with van der Waals surface area (Å²) in [7, 11) is 0. The van der Waals surface area contributed by atoms with Crippen LogP contribution in [0.3, 0.4) is 0 Å². The van der Waals surface area contributed by atoms with E-state index in [2.05, 4.69) is 20.1 Å². The Morgan fingerprint density at radius 3 is 2.58 bits per heavy atom. The monoisotopic (exact) mass is 360 g/mol. The first-order chi connectivity index (χ1) is 12.1. The van der Waals surface area contributed by atoms with Crippen molar-refractivity contribution in [3.63, 3.8) is 0 Å². The second-order valence-corrected chi connectivity index (χ2v) is 9.16. The number of carboxylic acid groups (broad SMARTS) is 1. The van der Waals surface area contributed by atoms with Crippen LogP contribution in [0, 0.1) is 34.5 Å². The predicted molar refractivity (Wildman–Crippen MR) is 100 cm³/mol. The molecule has 0 bridgehead atoms. The Bertz CT molecular complexity index is 638. The lowest BCUT2D eigenvalue weighted by molar-refractivity contribution is -0.195. The maximum Gasteiger partial charge on any atom is 0.309 e. The molecule has 3 saturated carbocycles. The third kappa shape index (κ3) is 2.73. The van der Waals surface area contributed by atoms with Gasteiger partial charge in [-0.2, -0.15) is 0 Å². The maximum atomic E-state index is 12.2. The molecule has 0 aromatic carbocycles. The van der Waals surface area contributed by atoms with E-state index in [9.17, 15) is 14.7 Å². The molecule has 0 aliphatic heterocycles. The fraction of sp³-hybridized carbons (Fsp3) is 0.727. The van der Waals surface area contributed by atoms with Gasteiger partial charge >= 0.3 is 11.9 Å². The number of carbonyl (C=O) groups is 2. The number of rotatable bonds is 3. The van der Waals surface area contributed by atoms with Crippen LogP contribution in [-0.4, -0.2) is 23.1 Å². The molecule has 3 rings (SSSR count). The zero-order valence-electron chi connectivity index (χ0n) is 16.3. The molecule has 3 aliphatic rings. The molecular formula is C22H32O4. The van der Waals surface area contributed by atoms with Crippen LogP contribution >= 0.6 is 0 Å². The predicted octanol–water partition coefficient (Wildman–Crippen LogP) is 4.60. The molecule has 3 aliphatic carbocycles. The summed E-state index contributed by atoms with van der Waals surface area (Å²) < 4.78 is 5.79. The molecule has 7 atom stereocenters. The van der Waals surface area contributed by atoms with Gasteiger partial charge in [0.1, 0.15) is 6.10 Å². The fourth-order valence-electron chi connectivity index (χ4n) is 6.68. The SMILES string of the molecule is C=C[C@H]1C(=C)CC[C@H]2[C@H]1[C@@H](OC(C)=O)C[C@@H]1[C@]2(C)CCC[C@@]1(C)C(=O)O. The minimum atomic E-state index is -0.755. The third-order valence-corrected chi connectivity index (χ3v) is 7.91. The fourth-order valence-corrected chi connectivity index (χ4v) is 6.68. The van der Waals surface area contributed by atoms with Gasteiger partial charge in [-0.1, -0.05) is 31.6 Å². The lowest BCUT2D eigenvalue weighted by atomic mass is 9.42. The van der Waals surface area contributed by atoms with Crippen molar-refractivity contribution >= 4 is 11.9 Å². The molecule has 4 nitrogen and oxygen atoms in total. The van der Waals surface area contributed by atoms with Crippen LogP contribution in [0.25, 0.3) is 0 Å². The van der Waals surface area contributed by atoms with Gasteiger partial charge in [0, 0.05) is 18.8 Å². The van der Waals surface area contributed by atoms with E-state index in [0.29, 0.717) is 18.8 Å². The van der Waals surface area contributed by atoms with Crippen LogP contribution in [0.1, 0.15) is 59.3 Å². The summed E-state index contributed by atoms with van der Waals surface area (Å²) in [4.78, 5) is 24.0. The van der Waals surface area contributed by atoms with Gasteiger partial charge in [0.15, 0.2) is 0 Å². The molecule has 26 heavy (non-hydrogen) atoms. The quantitative estimate of drug-likeness (QED) is 0.590. The highest BCUT2D eigenvalue weighted by atomic mass is 16.5. The number of esters is 1. The van der Waals surface area contributed by atoms with Crippen molar-refractivity contribution in [3.05, 3.63) is 24.8 Å². The van der Waals surface area contributed by atoms with Crippen LogP contribution < -0.4 is 0 Å². The van der Waals surface area contributed by atoms with E-state index in [4.69, 9.17) is 4.74 Å². The van der Waals surface area contributed by atoms with Crippen LogP contribution in [0.4, 0.5) is 0 Å². The minimum absolute atomic E-state index is 0.0173. The summed E-state index contributed by atoms with van der Waals surface area (Å²) in [6.45, 7) is 13.9. The summed E-state index contributed by atoms with van der Waals surface area (Å²) >= 11 is 0. The second-order valence-electron chi connectivity index (χ2n) is 9.16. The van der Waals surface area contributed by atoms with Gasteiger partial charge < -0.3 is 9.84 Å². The lowest BCUT2D eigenvalue weighted by Gasteiger charge is -2.62. The largest absolute Gasteiger partial charge is 0.481 e. The number of hydrogen-bond donors (Lipinski definition) is 1. The topological polar surface area (TPSA) is 63.6 Å². The van der Waals surface area contributed by atoms with Gasteiger partial charge in [0.2, 0.25) is 0 Å². The number of fused-ring (bicyclic) bond motifs is 3. The molecule has 1 N–H and O–H groups in total. The molecular weight excluding hydrogens is 328 g/mol. The molecule has 4 heteroatoms. The van der Waals surface area contributed by atoms with Crippen LogP contribution in [-0.2, 0) is 14.3 Å². The Morgan fingerprint density at radius 2 is 2.00 bits per heavy atom. The van der Waals surface area contributed by atoms with E-state index in [1.54, 1.807) is 0 Å². The smallest absolute Gasteiger partial charge is 0.309 e. The number of allylic oxidation sites excluding steroid dienone is 2. The zero-order chi connectivity index (χ0) is 19.3. The molecule has 144 valence electrons. The highest BCUT2D eigenvalue weighted by Gasteiger charge is 2.63. The summed E-state index contributed by atoms with van der Waals surface area (Å²) in [6, 6.07) is 0. The molecule has 0 amide bonds. The molecule has 3 fully saturated rings. The molecule has 0 saturated heterocycles. The molecule has 0 aromatic rings. The van der Waals surface area contributed by atoms with Crippen molar-refractivity contribution < 1.29 is 19.4 Å². The van der Waals surface area contributed by atoms with Crippen molar-refractivity contribution in [1.29, 1.82) is 0 Å². The first-order valence-corrected chi connectivity index (χ1v) is 9.86. The third-order valence-electron chi connectivity index (χ3n) is 7.91. The molecule has 0 heterocycles. The van der Waals surface area contributed by atoms with Crippen molar-refractivity contribution in [2.45, 2.75) is 65.4 Å². The number of ether oxygens (including phenoxy) is 1. The normalized spacial score (nSPS) is 45.2. The van der Waals surface area contributed by atoms with Crippen molar-refractivity contribution in [1.82, 2.24) is 0 Å². The standard InChI is InChI=1S/C22H32O4/c1-6-15-13(2)8-9-16-19(15)17(26-14(3)23)12-18-21(16,4)10-7-11-22(18,5)20(24)25/h6,15-19H,1-2,7-12H2,3-5H3,(H,24,25)/t15-,16-,17-,18+,19-,21+,22+/m0/s1. The van der Waals surface area contributed by atoms with Gasteiger partial charge in [-0.05, 0) is 56.3 Å². The second kappa shape index (κ2) is 6.54. The van der Waals surface area contributed by atoms with Crippen molar-refractivity contribution in [2.75, 3.05) is 0 Å². The summed E-state index contributed by atoms with van der Waals surface area (Å²) in [5.74, 6) is -0.358. The van der Waals surface area contributed by atoms with E-state index in [1.165, 1.54) is 6.92 Å². The Labute approximate surface area is 156 Å². The Kier molecular flexibility index (Phi) is 4.83. The highest BCUT2D eigenvalue weighted by Crippen LogP contribution is 2.65. The number of aliphatic carboxylic acids is 1. The highest BCUT2D eigenvalue weighted by molar-refractivity contribution is 5.75. The van der Waals surface area contributed by atoms with Gasteiger partial charge in [-0.15, -0.1) is 6.58 Å². The van der Waals surface area contributed by atoms with Crippen molar-refractivity contribution in [3.8, 4) is 0 Å². The molecule has 0 aromatic heterocycles. The van der Waals surface area contributed by atoms with Crippen molar-refractivity contribution in [2.24, 2.45) is 34.5 Å². The maximum absolute atomic E-state index is 12.2. The number of carboxylic acids is 1. The first kappa shape index (κ1) is 19.2. The zero-order valence-corrected chi connectivity index (χ0v) is 16.3. The lowest BCUT2D eigenvalue weighted by Crippen LogP contribution is -2.61. The van der Waals surface area contributed by atoms with Crippen LogP contribution in [0.2, 0.25) is 0 Å². The van der Waals surface area contributed by atoms with Gasteiger partial charge in [-0.25, -0.2) is 0 Å². The van der Waals surface area contributed by atoms with Crippen LogP contribution in [0.5, 0.6) is 0 Å². The molecule has 0 spiro atoms. The van der Waals surface area contributed by atoms with Crippen LogP contribution in [0.15, 0.2) is 24.8 Å². The number of hydrogen-bond acceptors (Lipinski definition) is 3. The van der Waals surface area contributed by atoms with Gasteiger partial charge in [0.05, 0.1) is 5.41 Å². The summed E-state index contributed by atoms with van der Waals surface area (Å²) in [5, 5.41) is 10.0. The van der Waals surface area contributed by atoms with Gasteiger partial charge in [0.25, 0.3) is 0 Å². The van der Waals surface area contributed by atoms with E-state index in [0.717, 1.165) is 31.3 Å². The Morgan fingerprint density at radius 1 is 1.31 bits per heavy atom. The van der Waals surface area contributed by atoms with E-state index in [-0.39, 0.29) is 35.2 Å². The minimum Gasteiger partial charge on any atom is -0.481 e. The Hall–Kier alpha value is -1.58. The summed E-state index contributed by atoms with van der Waals surface area (Å²) in [5.41, 5.74) is 0.362. The molecule has 0 unspecified atom stereocenters. The average Bonchev–Trinajstić information content (AvgIpc) is 2.55. The summed E-state index contributed by atoms with van der Waals surface area (Å²) in [6.07, 6.45) is 6.94. The molecule has 0 radical (unpaired) electrons. The average molecular weight is 360 g/mol. The van der Waals surface area contributed by atoms with E-state index >= 15 is 0 Å². The Balaban J connectivity index is 2.08. The van der Waals surface area contributed by atoms with E-state index < -0.39 is 11.4 Å². The first-order valence-electron chi connectivity index (χ1n) is 9.86. The number of carbonyl (C=O) groups excluding carboxylic acids is 1. The van der Waals surface area contributed by atoms with E-state index in [1.807, 2.05) is 13.0 Å².